The van der Waals surface area contributed by atoms with E-state index in [0.717, 1.165) is 12.8 Å². The Labute approximate surface area is 91.4 Å². The quantitative estimate of drug-likeness (QED) is 0.734. The number of rotatable bonds is 4. The van der Waals surface area contributed by atoms with Crippen LogP contribution in [0, 0.1) is 0 Å². The van der Waals surface area contributed by atoms with Gasteiger partial charge in [0.2, 0.25) is 5.91 Å². The van der Waals surface area contributed by atoms with Crippen LogP contribution in [0.3, 0.4) is 0 Å². The van der Waals surface area contributed by atoms with Crippen molar-refractivity contribution in [3.8, 4) is 0 Å². The number of carbonyl (C=O) groups excluding carboxylic acids is 1. The van der Waals surface area contributed by atoms with Gasteiger partial charge in [0.15, 0.2) is 6.10 Å². The number of hydrogen-bond acceptors (Lipinski definition) is 3. The van der Waals surface area contributed by atoms with Crippen molar-refractivity contribution < 1.29 is 23.1 Å². The first-order chi connectivity index (χ1) is 7.41. The minimum Gasteiger partial charge on any atom is -0.382 e. The van der Waals surface area contributed by atoms with Crippen LogP contribution in [0.2, 0.25) is 0 Å². The summed E-state index contributed by atoms with van der Waals surface area (Å²) in [5.74, 6) is -0.216. The number of halogens is 3. The number of aliphatic hydroxyl groups is 1. The molecule has 1 saturated heterocycles. The van der Waals surface area contributed by atoms with E-state index in [1.807, 2.05) is 0 Å². The number of nitrogens with one attached hydrogen (secondary N) is 1. The molecular formula is C9H15F3N2O2. The lowest BCUT2D eigenvalue weighted by atomic mass is 10.3. The molecule has 2 N–H and O–H groups in total. The third-order valence-electron chi connectivity index (χ3n) is 2.45. The van der Waals surface area contributed by atoms with E-state index in [9.17, 15) is 18.0 Å². The minimum atomic E-state index is -4.64. The highest BCUT2D eigenvalue weighted by molar-refractivity contribution is 5.78. The molecule has 1 rings (SSSR count). The number of likely N-dealkylation sites (tertiary alicyclic amines) is 1. The maximum Gasteiger partial charge on any atom is 0.415 e. The zero-order valence-electron chi connectivity index (χ0n) is 8.76. The summed E-state index contributed by atoms with van der Waals surface area (Å²) in [5, 5.41) is 11.0. The second kappa shape index (κ2) is 5.49. The number of hydrogen-bond donors (Lipinski definition) is 2. The lowest BCUT2D eigenvalue weighted by Crippen LogP contribution is -2.43. The van der Waals surface area contributed by atoms with Crippen LogP contribution >= 0.6 is 0 Å². The summed E-state index contributed by atoms with van der Waals surface area (Å²) in [6, 6.07) is 0. The predicted molar refractivity (Wildman–Crippen MR) is 50.7 cm³/mol. The van der Waals surface area contributed by atoms with Crippen molar-refractivity contribution in [3.63, 3.8) is 0 Å². The Morgan fingerprint density at radius 1 is 1.38 bits per heavy atom. The van der Waals surface area contributed by atoms with Crippen molar-refractivity contribution in [1.82, 2.24) is 10.2 Å². The van der Waals surface area contributed by atoms with Gasteiger partial charge in [0, 0.05) is 19.6 Å². The van der Waals surface area contributed by atoms with E-state index < -0.39 is 18.8 Å². The van der Waals surface area contributed by atoms with E-state index in [4.69, 9.17) is 5.11 Å². The third-order valence-corrected chi connectivity index (χ3v) is 2.45. The summed E-state index contributed by atoms with van der Waals surface area (Å²) in [6.45, 7) is 0.529. The highest BCUT2D eigenvalue weighted by atomic mass is 19.4. The van der Waals surface area contributed by atoms with Gasteiger partial charge in [-0.05, 0) is 12.8 Å². The highest BCUT2D eigenvalue weighted by Crippen LogP contribution is 2.19. The molecule has 7 heteroatoms. The standard InChI is InChI=1S/C9H15F3N2O2/c10-9(11,12)7(15)5-13-6-8(16)14-3-1-2-4-14/h7,13,15H,1-6H2. The molecule has 0 aromatic rings. The molecule has 0 spiro atoms. The van der Waals surface area contributed by atoms with Gasteiger partial charge in [0.25, 0.3) is 0 Å². The summed E-state index contributed by atoms with van der Waals surface area (Å²) in [7, 11) is 0. The van der Waals surface area contributed by atoms with Crippen LogP contribution in [-0.2, 0) is 4.79 Å². The van der Waals surface area contributed by atoms with E-state index in [1.54, 1.807) is 4.90 Å². The molecule has 1 unspecified atom stereocenters. The maximum atomic E-state index is 11.9. The Morgan fingerprint density at radius 3 is 2.44 bits per heavy atom. The summed E-state index contributed by atoms with van der Waals surface area (Å²) in [6.07, 6.45) is -5.17. The molecule has 0 radical (unpaired) electrons. The first-order valence-electron chi connectivity index (χ1n) is 5.14. The predicted octanol–water partition coefficient (Wildman–Crippen LogP) is 0.122. The monoisotopic (exact) mass is 240 g/mol. The smallest absolute Gasteiger partial charge is 0.382 e. The van der Waals surface area contributed by atoms with Gasteiger partial charge in [-0.1, -0.05) is 0 Å². The molecule has 4 nitrogen and oxygen atoms in total. The lowest BCUT2D eigenvalue weighted by molar-refractivity contribution is -0.201. The zero-order valence-corrected chi connectivity index (χ0v) is 8.76. The molecule has 1 atom stereocenters. The fourth-order valence-corrected chi connectivity index (χ4v) is 1.51. The average molecular weight is 240 g/mol. The number of nitrogens with zero attached hydrogens (tertiary/aromatic N) is 1. The van der Waals surface area contributed by atoms with Crippen LogP contribution in [0.5, 0.6) is 0 Å². The van der Waals surface area contributed by atoms with E-state index in [0.29, 0.717) is 13.1 Å². The summed E-state index contributed by atoms with van der Waals surface area (Å²) in [4.78, 5) is 13.0. The molecule has 1 amide bonds. The Morgan fingerprint density at radius 2 is 1.94 bits per heavy atom. The SMILES string of the molecule is O=C(CNCC(O)C(F)(F)F)N1CCCC1. The van der Waals surface area contributed by atoms with Gasteiger partial charge in [-0.2, -0.15) is 13.2 Å². The molecule has 16 heavy (non-hydrogen) atoms. The summed E-state index contributed by atoms with van der Waals surface area (Å²) < 4.78 is 35.7. The fraction of sp³-hybridized carbons (Fsp3) is 0.889. The van der Waals surface area contributed by atoms with Crippen LogP contribution in [-0.4, -0.2) is 54.4 Å². The first kappa shape index (κ1) is 13.2. The van der Waals surface area contributed by atoms with Crippen LogP contribution in [0.4, 0.5) is 13.2 Å². The second-order valence-electron chi connectivity index (χ2n) is 3.78. The molecule has 0 saturated carbocycles. The van der Waals surface area contributed by atoms with Crippen molar-refractivity contribution in [2.75, 3.05) is 26.2 Å². The Kier molecular flexibility index (Phi) is 4.55. The van der Waals surface area contributed by atoms with Crippen molar-refractivity contribution in [1.29, 1.82) is 0 Å². The van der Waals surface area contributed by atoms with Crippen molar-refractivity contribution in [2.24, 2.45) is 0 Å². The molecule has 0 aromatic heterocycles. The molecule has 1 aliphatic heterocycles. The number of aliphatic hydroxyl groups excluding tert-OH is 1. The average Bonchev–Trinajstić information content (AvgIpc) is 2.68. The summed E-state index contributed by atoms with van der Waals surface area (Å²) in [5.41, 5.74) is 0. The Bertz CT molecular complexity index is 239. The highest BCUT2D eigenvalue weighted by Gasteiger charge is 2.37. The summed E-state index contributed by atoms with van der Waals surface area (Å²) >= 11 is 0. The van der Waals surface area contributed by atoms with Crippen molar-refractivity contribution in [2.45, 2.75) is 25.1 Å². The van der Waals surface area contributed by atoms with E-state index in [1.165, 1.54) is 0 Å². The van der Waals surface area contributed by atoms with E-state index in [-0.39, 0.29) is 12.5 Å². The van der Waals surface area contributed by atoms with Crippen molar-refractivity contribution >= 4 is 5.91 Å². The molecular weight excluding hydrogens is 225 g/mol. The first-order valence-corrected chi connectivity index (χ1v) is 5.14. The number of alkyl halides is 3. The zero-order chi connectivity index (χ0) is 12.2. The van der Waals surface area contributed by atoms with Crippen LogP contribution < -0.4 is 5.32 Å². The molecule has 94 valence electrons. The van der Waals surface area contributed by atoms with Crippen molar-refractivity contribution in [3.05, 3.63) is 0 Å². The minimum absolute atomic E-state index is 0.160. The normalized spacial score (nSPS) is 18.9. The third kappa shape index (κ3) is 3.97. The lowest BCUT2D eigenvalue weighted by Gasteiger charge is -2.18. The Hall–Kier alpha value is -0.820. The molecule has 0 aromatic carbocycles. The largest absolute Gasteiger partial charge is 0.415 e. The molecule has 0 aliphatic carbocycles. The molecule has 1 fully saturated rings. The molecule has 0 bridgehead atoms. The Balaban J connectivity index is 2.17. The maximum absolute atomic E-state index is 11.9. The van der Waals surface area contributed by atoms with Gasteiger partial charge in [-0.3, -0.25) is 4.79 Å². The van der Waals surface area contributed by atoms with Gasteiger partial charge < -0.3 is 15.3 Å². The van der Waals surface area contributed by atoms with Gasteiger partial charge in [0.1, 0.15) is 0 Å². The number of carbonyl (C=O) groups is 1. The van der Waals surface area contributed by atoms with Crippen LogP contribution in [0.25, 0.3) is 0 Å². The molecule has 1 heterocycles. The topological polar surface area (TPSA) is 52.6 Å². The fourth-order valence-electron chi connectivity index (χ4n) is 1.51. The number of amides is 1. The van der Waals surface area contributed by atoms with Crippen LogP contribution in [0.15, 0.2) is 0 Å². The van der Waals surface area contributed by atoms with E-state index >= 15 is 0 Å². The van der Waals surface area contributed by atoms with Gasteiger partial charge in [0.05, 0.1) is 6.54 Å². The second-order valence-corrected chi connectivity index (χ2v) is 3.78. The molecule has 1 aliphatic rings. The van der Waals surface area contributed by atoms with E-state index in [2.05, 4.69) is 5.32 Å². The van der Waals surface area contributed by atoms with Gasteiger partial charge in [-0.15, -0.1) is 0 Å². The van der Waals surface area contributed by atoms with Gasteiger partial charge in [-0.25, -0.2) is 0 Å². The van der Waals surface area contributed by atoms with Gasteiger partial charge >= 0.3 is 6.18 Å². The van der Waals surface area contributed by atoms with Crippen LogP contribution in [0.1, 0.15) is 12.8 Å².